The van der Waals surface area contributed by atoms with Crippen LogP contribution >= 0.6 is 11.6 Å². The van der Waals surface area contributed by atoms with E-state index in [0.29, 0.717) is 31.1 Å². The molecule has 29 heavy (non-hydrogen) atoms. The van der Waals surface area contributed by atoms with E-state index in [1.165, 1.54) is 11.0 Å². The number of methoxy groups -OCH3 is 1. The van der Waals surface area contributed by atoms with Gasteiger partial charge in [-0.1, -0.05) is 29.8 Å². The molecule has 1 aliphatic rings. The number of amides is 2. The molecule has 0 saturated heterocycles. The van der Waals surface area contributed by atoms with Crippen LogP contribution in [0.15, 0.2) is 42.5 Å². The minimum absolute atomic E-state index is 0.0847. The first kappa shape index (κ1) is 21.1. The molecule has 154 valence electrons. The average Bonchev–Trinajstić information content (AvgIpc) is 2.87. The summed E-state index contributed by atoms with van der Waals surface area (Å²) in [6, 6.07) is 12.2. The topological polar surface area (TPSA) is 79.3 Å². The van der Waals surface area contributed by atoms with Crippen LogP contribution in [0, 0.1) is 0 Å². The first-order chi connectivity index (χ1) is 14.0. The summed E-state index contributed by atoms with van der Waals surface area (Å²) in [7, 11) is 1.59. The number of carbonyl (C=O) groups is 2. The van der Waals surface area contributed by atoms with Gasteiger partial charge in [0.05, 0.1) is 23.8 Å². The summed E-state index contributed by atoms with van der Waals surface area (Å²) in [5.74, 6) is -0.0672. The molecule has 1 aliphatic heterocycles. The third kappa shape index (κ3) is 4.87. The minimum atomic E-state index is -0.363. The molecule has 0 aliphatic carbocycles. The van der Waals surface area contributed by atoms with Gasteiger partial charge in [-0.05, 0) is 29.8 Å². The van der Waals surface area contributed by atoms with Crippen molar-refractivity contribution in [2.45, 2.75) is 6.54 Å². The summed E-state index contributed by atoms with van der Waals surface area (Å²) in [5, 5.41) is 9.09. The van der Waals surface area contributed by atoms with Gasteiger partial charge in [0.25, 0.3) is 5.91 Å². The highest BCUT2D eigenvalue weighted by Gasteiger charge is 2.30. The standard InChI is InChI=1S/C21H23ClN2O5/c1-28-10-8-23-13-15-4-2-3-5-19(15)24(14-20(23)26)21(27)17-7-6-16(12-18(17)22)29-11-9-25/h2-7,12,25H,8-11,13-14H2,1H3. The number of rotatable bonds is 7. The fourth-order valence-corrected chi connectivity index (χ4v) is 3.43. The Kier molecular flexibility index (Phi) is 7.09. The van der Waals surface area contributed by atoms with Crippen molar-refractivity contribution in [2.75, 3.05) is 44.9 Å². The molecule has 0 fully saturated rings. The Morgan fingerprint density at radius 1 is 1.17 bits per heavy atom. The molecule has 0 spiro atoms. The van der Waals surface area contributed by atoms with Crippen LogP contribution in [0.25, 0.3) is 0 Å². The van der Waals surface area contributed by atoms with Gasteiger partial charge in [0.2, 0.25) is 5.91 Å². The van der Waals surface area contributed by atoms with E-state index < -0.39 is 0 Å². The van der Waals surface area contributed by atoms with E-state index in [0.717, 1.165) is 5.56 Å². The number of hydrogen-bond acceptors (Lipinski definition) is 5. The van der Waals surface area contributed by atoms with Gasteiger partial charge >= 0.3 is 0 Å². The van der Waals surface area contributed by atoms with E-state index in [-0.39, 0.29) is 42.2 Å². The van der Waals surface area contributed by atoms with Crippen molar-refractivity contribution in [3.63, 3.8) is 0 Å². The summed E-state index contributed by atoms with van der Waals surface area (Å²) < 4.78 is 10.4. The number of hydrogen-bond donors (Lipinski definition) is 1. The number of anilines is 1. The van der Waals surface area contributed by atoms with Crippen LogP contribution in [-0.4, -0.2) is 61.8 Å². The molecule has 0 aromatic heterocycles. The van der Waals surface area contributed by atoms with Crippen molar-refractivity contribution >= 4 is 29.1 Å². The lowest BCUT2D eigenvalue weighted by molar-refractivity contribution is -0.130. The summed E-state index contributed by atoms with van der Waals surface area (Å²) in [5.41, 5.74) is 1.83. The summed E-state index contributed by atoms with van der Waals surface area (Å²) in [6.07, 6.45) is 0. The highest BCUT2D eigenvalue weighted by atomic mass is 35.5. The van der Waals surface area contributed by atoms with Gasteiger partial charge in [-0.25, -0.2) is 0 Å². The van der Waals surface area contributed by atoms with Crippen molar-refractivity contribution in [2.24, 2.45) is 0 Å². The third-order valence-corrected chi connectivity index (χ3v) is 4.94. The van der Waals surface area contributed by atoms with Crippen LogP contribution in [0.2, 0.25) is 5.02 Å². The molecule has 1 N–H and O–H groups in total. The Balaban J connectivity index is 1.91. The van der Waals surface area contributed by atoms with Crippen LogP contribution in [0.5, 0.6) is 5.75 Å². The van der Waals surface area contributed by atoms with E-state index in [4.69, 9.17) is 26.2 Å². The monoisotopic (exact) mass is 418 g/mol. The Labute approximate surface area is 174 Å². The lowest BCUT2D eigenvalue weighted by atomic mass is 10.1. The zero-order chi connectivity index (χ0) is 20.8. The fraction of sp³-hybridized carbons (Fsp3) is 0.333. The molecule has 1 heterocycles. The van der Waals surface area contributed by atoms with Gasteiger partial charge in [-0.2, -0.15) is 0 Å². The lowest BCUT2D eigenvalue weighted by Crippen LogP contribution is -2.41. The molecule has 0 saturated carbocycles. The van der Waals surface area contributed by atoms with Crippen LogP contribution in [0.1, 0.15) is 15.9 Å². The number of aliphatic hydroxyl groups is 1. The van der Waals surface area contributed by atoms with Gasteiger partial charge in [0.1, 0.15) is 18.9 Å². The second-order valence-electron chi connectivity index (χ2n) is 6.54. The molecule has 8 heteroatoms. The van der Waals surface area contributed by atoms with Crippen molar-refractivity contribution < 1.29 is 24.2 Å². The SMILES string of the molecule is COCCN1Cc2ccccc2N(C(=O)c2ccc(OCCO)cc2Cl)CC1=O. The smallest absolute Gasteiger partial charge is 0.260 e. The molecule has 2 aromatic carbocycles. The number of halogens is 1. The Bertz CT molecular complexity index is 889. The number of aliphatic hydroxyl groups excluding tert-OH is 1. The van der Waals surface area contributed by atoms with Crippen LogP contribution in [-0.2, 0) is 16.1 Å². The van der Waals surface area contributed by atoms with Crippen molar-refractivity contribution in [1.29, 1.82) is 0 Å². The second kappa shape index (κ2) is 9.73. The van der Waals surface area contributed by atoms with E-state index in [1.807, 2.05) is 24.3 Å². The van der Waals surface area contributed by atoms with Crippen molar-refractivity contribution in [1.82, 2.24) is 4.90 Å². The number of nitrogens with zero attached hydrogens (tertiary/aromatic N) is 2. The summed E-state index contributed by atoms with van der Waals surface area (Å²) in [6.45, 7) is 1.20. The first-order valence-electron chi connectivity index (χ1n) is 9.25. The van der Waals surface area contributed by atoms with Crippen LogP contribution < -0.4 is 9.64 Å². The fourth-order valence-electron chi connectivity index (χ4n) is 3.18. The predicted molar refractivity (Wildman–Crippen MR) is 109 cm³/mol. The molecule has 2 aromatic rings. The summed E-state index contributed by atoms with van der Waals surface area (Å²) >= 11 is 6.32. The molecule has 0 bridgehead atoms. The van der Waals surface area contributed by atoms with E-state index >= 15 is 0 Å². The zero-order valence-electron chi connectivity index (χ0n) is 16.1. The second-order valence-corrected chi connectivity index (χ2v) is 6.95. The number of fused-ring (bicyclic) bond motifs is 1. The maximum Gasteiger partial charge on any atom is 0.260 e. The number of ether oxygens (including phenoxy) is 2. The van der Waals surface area contributed by atoms with Gasteiger partial charge in [-0.15, -0.1) is 0 Å². The lowest BCUT2D eigenvalue weighted by Gasteiger charge is -2.23. The Morgan fingerprint density at radius 2 is 1.97 bits per heavy atom. The maximum absolute atomic E-state index is 13.3. The molecular weight excluding hydrogens is 396 g/mol. The summed E-state index contributed by atoms with van der Waals surface area (Å²) in [4.78, 5) is 29.2. The maximum atomic E-state index is 13.3. The molecule has 3 rings (SSSR count). The molecular formula is C21H23ClN2O5. The number of para-hydroxylation sites is 1. The van der Waals surface area contributed by atoms with Crippen molar-refractivity contribution in [3.05, 3.63) is 58.6 Å². The van der Waals surface area contributed by atoms with E-state index in [2.05, 4.69) is 0 Å². The van der Waals surface area contributed by atoms with Gasteiger partial charge < -0.3 is 19.5 Å². The minimum Gasteiger partial charge on any atom is -0.491 e. The molecule has 0 unspecified atom stereocenters. The third-order valence-electron chi connectivity index (χ3n) is 4.63. The van der Waals surface area contributed by atoms with Crippen LogP contribution in [0.3, 0.4) is 0 Å². The first-order valence-corrected chi connectivity index (χ1v) is 9.62. The zero-order valence-corrected chi connectivity index (χ0v) is 16.9. The largest absolute Gasteiger partial charge is 0.491 e. The quantitative estimate of drug-likeness (QED) is 0.746. The van der Waals surface area contributed by atoms with Crippen molar-refractivity contribution in [3.8, 4) is 5.75 Å². The molecule has 7 nitrogen and oxygen atoms in total. The molecule has 2 amide bonds. The van der Waals surface area contributed by atoms with E-state index in [9.17, 15) is 9.59 Å². The number of benzene rings is 2. The average molecular weight is 419 g/mol. The number of carbonyl (C=O) groups excluding carboxylic acids is 2. The highest BCUT2D eigenvalue weighted by Crippen LogP contribution is 2.30. The van der Waals surface area contributed by atoms with E-state index in [1.54, 1.807) is 24.1 Å². The highest BCUT2D eigenvalue weighted by molar-refractivity contribution is 6.34. The van der Waals surface area contributed by atoms with Gasteiger partial charge in [0, 0.05) is 25.9 Å². The van der Waals surface area contributed by atoms with Gasteiger partial charge in [-0.3, -0.25) is 14.5 Å². The normalized spacial score (nSPS) is 13.8. The van der Waals surface area contributed by atoms with Crippen LogP contribution in [0.4, 0.5) is 5.69 Å². The predicted octanol–water partition coefficient (Wildman–Crippen LogP) is 2.35. The molecule has 0 atom stereocenters. The Hall–Kier alpha value is -2.61. The van der Waals surface area contributed by atoms with Gasteiger partial charge in [0.15, 0.2) is 0 Å². The Morgan fingerprint density at radius 3 is 2.69 bits per heavy atom. The molecule has 0 radical (unpaired) electrons.